The number of thiazole rings is 1. The number of hydrogen-bond donors (Lipinski definition) is 2. The Morgan fingerprint density at radius 3 is 2.16 bits per heavy atom. The highest BCUT2D eigenvalue weighted by atomic mass is 32.1. The molecular formula is C12H18N2O4S. The molecule has 2 N–H and O–H groups in total. The Morgan fingerprint density at radius 2 is 1.79 bits per heavy atom. The van der Waals surface area contributed by atoms with E-state index in [1.807, 2.05) is 26.2 Å². The molecule has 0 fully saturated rings. The van der Waals surface area contributed by atoms with Crippen molar-refractivity contribution in [1.82, 2.24) is 9.88 Å². The van der Waals surface area contributed by atoms with Crippen LogP contribution >= 0.6 is 11.3 Å². The molecule has 0 amide bonds. The normalized spacial score (nSPS) is 11.8. The minimum absolute atomic E-state index is 0.0622. The number of aliphatic carboxylic acids is 2. The Balaban J connectivity index is 2.75. The van der Waals surface area contributed by atoms with Crippen LogP contribution in [0.1, 0.15) is 31.5 Å². The number of rotatable bonds is 6. The van der Waals surface area contributed by atoms with Crippen LogP contribution in [0.5, 0.6) is 0 Å². The molecule has 0 bridgehead atoms. The lowest BCUT2D eigenvalue weighted by Crippen LogP contribution is -2.34. The maximum atomic E-state index is 10.7. The second-order valence-corrected chi connectivity index (χ2v) is 6.18. The van der Waals surface area contributed by atoms with E-state index in [-0.39, 0.29) is 25.0 Å². The second-order valence-electron chi connectivity index (χ2n) is 5.33. The van der Waals surface area contributed by atoms with Crippen molar-refractivity contribution in [2.75, 3.05) is 13.1 Å². The van der Waals surface area contributed by atoms with Crippen LogP contribution in [0.2, 0.25) is 0 Å². The van der Waals surface area contributed by atoms with Crippen LogP contribution in [-0.2, 0) is 21.5 Å². The van der Waals surface area contributed by atoms with Gasteiger partial charge in [-0.3, -0.25) is 14.5 Å². The zero-order valence-electron chi connectivity index (χ0n) is 11.2. The molecule has 0 saturated carbocycles. The Morgan fingerprint density at radius 1 is 1.26 bits per heavy atom. The lowest BCUT2D eigenvalue weighted by Gasteiger charge is -2.17. The molecule has 1 heterocycles. The first-order valence-electron chi connectivity index (χ1n) is 5.79. The minimum Gasteiger partial charge on any atom is -0.480 e. The van der Waals surface area contributed by atoms with Crippen LogP contribution in [0, 0.1) is 0 Å². The number of carbonyl (C=O) groups is 2. The molecule has 0 saturated heterocycles. The van der Waals surface area contributed by atoms with Crippen molar-refractivity contribution in [3.05, 3.63) is 16.1 Å². The van der Waals surface area contributed by atoms with Crippen LogP contribution in [0.4, 0.5) is 0 Å². The van der Waals surface area contributed by atoms with Crippen LogP contribution < -0.4 is 0 Å². The minimum atomic E-state index is -1.05. The first-order chi connectivity index (χ1) is 8.68. The van der Waals surface area contributed by atoms with Gasteiger partial charge in [0.2, 0.25) is 0 Å². The first-order valence-corrected chi connectivity index (χ1v) is 6.67. The van der Waals surface area contributed by atoms with Gasteiger partial charge >= 0.3 is 11.9 Å². The van der Waals surface area contributed by atoms with Crippen molar-refractivity contribution >= 4 is 23.3 Å². The predicted octanol–water partition coefficient (Wildman–Crippen LogP) is 1.41. The van der Waals surface area contributed by atoms with Crippen LogP contribution in [-0.4, -0.2) is 45.1 Å². The van der Waals surface area contributed by atoms with Gasteiger partial charge in [-0.05, 0) is 0 Å². The monoisotopic (exact) mass is 286 g/mol. The summed E-state index contributed by atoms with van der Waals surface area (Å²) in [5.41, 5.74) is 0.644. The third-order valence-corrected chi connectivity index (χ3v) is 3.61. The lowest BCUT2D eigenvalue weighted by molar-refractivity contribution is -0.142. The molecule has 1 aromatic rings. The summed E-state index contributed by atoms with van der Waals surface area (Å²) in [5, 5.41) is 20.3. The average Bonchev–Trinajstić information content (AvgIpc) is 2.62. The Hall–Kier alpha value is -1.47. The van der Waals surface area contributed by atoms with E-state index in [1.54, 1.807) is 0 Å². The highest BCUT2D eigenvalue weighted by molar-refractivity contribution is 7.09. The summed E-state index contributed by atoms with van der Waals surface area (Å²) in [5.74, 6) is -2.10. The molecule has 0 aliphatic heterocycles. The molecule has 106 valence electrons. The molecule has 1 aromatic heterocycles. The van der Waals surface area contributed by atoms with E-state index in [0.29, 0.717) is 5.69 Å². The van der Waals surface area contributed by atoms with Crippen LogP contribution in [0.25, 0.3) is 0 Å². The molecule has 0 atom stereocenters. The summed E-state index contributed by atoms with van der Waals surface area (Å²) in [6.45, 7) is 5.74. The fourth-order valence-corrected chi connectivity index (χ4v) is 2.40. The summed E-state index contributed by atoms with van der Waals surface area (Å²) in [7, 11) is 0. The molecule has 19 heavy (non-hydrogen) atoms. The van der Waals surface area contributed by atoms with Crippen molar-refractivity contribution in [1.29, 1.82) is 0 Å². The molecule has 6 nitrogen and oxygen atoms in total. The average molecular weight is 286 g/mol. The topological polar surface area (TPSA) is 90.7 Å². The van der Waals surface area contributed by atoms with Gasteiger partial charge in [-0.2, -0.15) is 0 Å². The van der Waals surface area contributed by atoms with Crippen molar-refractivity contribution in [3.63, 3.8) is 0 Å². The zero-order valence-corrected chi connectivity index (χ0v) is 12.0. The Bertz CT molecular complexity index is 449. The number of aromatic nitrogens is 1. The highest BCUT2D eigenvalue weighted by Crippen LogP contribution is 2.25. The van der Waals surface area contributed by atoms with Crippen molar-refractivity contribution in [3.8, 4) is 0 Å². The molecule has 7 heteroatoms. The standard InChI is InChI=1S/C12H18N2O4S/c1-12(2,3)11-13-8(7-19-11)4-14(5-9(15)16)6-10(17)18/h7H,4-6H2,1-3H3,(H,15,16)(H,17,18). The van der Waals surface area contributed by atoms with Gasteiger partial charge in [-0.25, -0.2) is 4.98 Å². The third-order valence-electron chi connectivity index (χ3n) is 2.30. The maximum absolute atomic E-state index is 10.7. The van der Waals surface area contributed by atoms with E-state index in [1.165, 1.54) is 16.2 Å². The molecule has 0 unspecified atom stereocenters. The van der Waals surface area contributed by atoms with Crippen LogP contribution in [0.15, 0.2) is 5.38 Å². The largest absolute Gasteiger partial charge is 0.480 e. The van der Waals surface area contributed by atoms with Gasteiger partial charge in [0.05, 0.1) is 23.8 Å². The predicted molar refractivity (Wildman–Crippen MR) is 71.4 cm³/mol. The lowest BCUT2D eigenvalue weighted by atomic mass is 9.98. The van der Waals surface area contributed by atoms with Crippen LogP contribution in [0.3, 0.4) is 0 Å². The number of hydrogen-bond acceptors (Lipinski definition) is 5. The van der Waals surface area contributed by atoms with Gasteiger partial charge in [0.1, 0.15) is 0 Å². The molecule has 0 aliphatic rings. The van der Waals surface area contributed by atoms with Gasteiger partial charge in [0.15, 0.2) is 0 Å². The second kappa shape index (κ2) is 6.12. The smallest absolute Gasteiger partial charge is 0.317 e. The zero-order chi connectivity index (χ0) is 14.6. The fourth-order valence-electron chi connectivity index (χ4n) is 1.50. The first kappa shape index (κ1) is 15.6. The number of carboxylic acid groups (broad SMARTS) is 2. The Labute approximate surface area is 115 Å². The van der Waals surface area contributed by atoms with Gasteiger partial charge < -0.3 is 10.2 Å². The van der Waals surface area contributed by atoms with Gasteiger partial charge in [0.25, 0.3) is 0 Å². The summed E-state index contributed by atoms with van der Waals surface area (Å²) >= 11 is 1.50. The van der Waals surface area contributed by atoms with Crippen molar-refractivity contribution < 1.29 is 19.8 Å². The fraction of sp³-hybridized carbons (Fsp3) is 0.583. The summed E-state index contributed by atoms with van der Waals surface area (Å²) < 4.78 is 0. The SMILES string of the molecule is CC(C)(C)c1nc(CN(CC(=O)O)CC(=O)O)cs1. The van der Waals surface area contributed by atoms with E-state index in [9.17, 15) is 9.59 Å². The molecule has 0 radical (unpaired) electrons. The summed E-state index contributed by atoms with van der Waals surface area (Å²) in [6, 6.07) is 0. The Kier molecular flexibility index (Phi) is 5.02. The molecular weight excluding hydrogens is 268 g/mol. The molecule has 0 spiro atoms. The molecule has 0 aliphatic carbocycles. The third kappa shape index (κ3) is 5.35. The van der Waals surface area contributed by atoms with E-state index in [2.05, 4.69) is 4.98 Å². The highest BCUT2D eigenvalue weighted by Gasteiger charge is 2.20. The molecule has 1 rings (SSSR count). The maximum Gasteiger partial charge on any atom is 0.317 e. The van der Waals surface area contributed by atoms with E-state index >= 15 is 0 Å². The quantitative estimate of drug-likeness (QED) is 0.821. The summed E-state index contributed by atoms with van der Waals surface area (Å²) in [4.78, 5) is 27.2. The van der Waals surface area contributed by atoms with Gasteiger partial charge in [-0.1, -0.05) is 20.8 Å². The van der Waals surface area contributed by atoms with E-state index in [0.717, 1.165) is 5.01 Å². The molecule has 0 aromatic carbocycles. The van der Waals surface area contributed by atoms with E-state index < -0.39 is 11.9 Å². The number of carboxylic acids is 2. The van der Waals surface area contributed by atoms with E-state index in [4.69, 9.17) is 10.2 Å². The van der Waals surface area contributed by atoms with Gasteiger partial charge in [-0.15, -0.1) is 11.3 Å². The van der Waals surface area contributed by atoms with Crippen molar-refractivity contribution in [2.45, 2.75) is 32.7 Å². The number of nitrogens with zero attached hydrogens (tertiary/aromatic N) is 2. The van der Waals surface area contributed by atoms with Crippen molar-refractivity contribution in [2.24, 2.45) is 0 Å². The van der Waals surface area contributed by atoms with Gasteiger partial charge in [0, 0.05) is 17.3 Å². The summed E-state index contributed by atoms with van der Waals surface area (Å²) in [6.07, 6.45) is 0.